The van der Waals surface area contributed by atoms with E-state index in [-0.39, 0.29) is 0 Å². The van der Waals surface area contributed by atoms with Gasteiger partial charge in [-0.3, -0.25) is 0 Å². The molecule has 1 nitrogen and oxygen atoms in total. The van der Waals surface area contributed by atoms with Crippen LogP contribution in [0.5, 0.6) is 5.75 Å². The molecular weight excluding hydrogens is 256 g/mol. The molecule has 104 valence electrons. The summed E-state index contributed by atoms with van der Waals surface area (Å²) in [6.07, 6.45) is 0. The van der Waals surface area contributed by atoms with Crippen molar-refractivity contribution >= 4 is 0 Å². The minimum absolute atomic E-state index is 0.316. The molecule has 1 N–H and O–H groups in total. The Bertz CT molecular complexity index is 787. The molecule has 0 atom stereocenters. The van der Waals surface area contributed by atoms with Crippen LogP contribution in [0.3, 0.4) is 0 Å². The van der Waals surface area contributed by atoms with Crippen LogP contribution in [0.15, 0.2) is 66.7 Å². The SMILES string of the molecule is Cc1ccc(-c2ccccc2O)c(-c2ccccc2C)c1. The van der Waals surface area contributed by atoms with Crippen LogP contribution in [0.4, 0.5) is 0 Å². The van der Waals surface area contributed by atoms with Crippen molar-refractivity contribution in [2.75, 3.05) is 0 Å². The van der Waals surface area contributed by atoms with Crippen molar-refractivity contribution in [1.29, 1.82) is 0 Å². The second-order valence-electron chi connectivity index (χ2n) is 5.38. The van der Waals surface area contributed by atoms with Crippen molar-refractivity contribution in [3.8, 4) is 28.0 Å². The molecule has 0 fully saturated rings. The van der Waals surface area contributed by atoms with Gasteiger partial charge in [-0.05, 0) is 42.2 Å². The highest BCUT2D eigenvalue weighted by molar-refractivity contribution is 5.87. The van der Waals surface area contributed by atoms with Gasteiger partial charge in [0.1, 0.15) is 5.75 Å². The Balaban J connectivity index is 2.29. The van der Waals surface area contributed by atoms with Gasteiger partial charge in [0, 0.05) is 5.56 Å². The van der Waals surface area contributed by atoms with Gasteiger partial charge < -0.3 is 5.11 Å². The molecule has 0 aromatic heterocycles. The predicted molar refractivity (Wildman–Crippen MR) is 88.5 cm³/mol. The zero-order valence-corrected chi connectivity index (χ0v) is 12.3. The Morgan fingerprint density at radius 1 is 0.619 bits per heavy atom. The van der Waals surface area contributed by atoms with Gasteiger partial charge in [0.05, 0.1) is 0 Å². The van der Waals surface area contributed by atoms with E-state index < -0.39 is 0 Å². The van der Waals surface area contributed by atoms with Gasteiger partial charge >= 0.3 is 0 Å². The summed E-state index contributed by atoms with van der Waals surface area (Å²) in [5.41, 5.74) is 6.75. The quantitative estimate of drug-likeness (QED) is 0.668. The van der Waals surface area contributed by atoms with Gasteiger partial charge in [-0.2, -0.15) is 0 Å². The van der Waals surface area contributed by atoms with E-state index in [1.165, 1.54) is 16.7 Å². The van der Waals surface area contributed by atoms with Crippen LogP contribution in [-0.2, 0) is 0 Å². The summed E-state index contributed by atoms with van der Waals surface area (Å²) in [4.78, 5) is 0. The molecular formula is C20H18O. The molecule has 0 aliphatic rings. The smallest absolute Gasteiger partial charge is 0.123 e. The third-order valence-electron chi connectivity index (χ3n) is 3.80. The first-order chi connectivity index (χ1) is 10.2. The zero-order valence-electron chi connectivity index (χ0n) is 12.3. The normalized spacial score (nSPS) is 10.6. The number of phenolic OH excluding ortho intramolecular Hbond substituents is 1. The molecule has 0 heterocycles. The topological polar surface area (TPSA) is 20.2 Å². The summed E-state index contributed by atoms with van der Waals surface area (Å²) in [6.45, 7) is 4.21. The summed E-state index contributed by atoms with van der Waals surface area (Å²) in [7, 11) is 0. The average molecular weight is 274 g/mol. The second kappa shape index (κ2) is 5.45. The Kier molecular flexibility index (Phi) is 3.49. The third kappa shape index (κ3) is 2.55. The Morgan fingerprint density at radius 3 is 2.00 bits per heavy atom. The van der Waals surface area contributed by atoms with Crippen LogP contribution in [-0.4, -0.2) is 5.11 Å². The van der Waals surface area contributed by atoms with Crippen LogP contribution in [0, 0.1) is 13.8 Å². The first-order valence-corrected chi connectivity index (χ1v) is 7.12. The van der Waals surface area contributed by atoms with Crippen LogP contribution in [0.1, 0.15) is 11.1 Å². The summed E-state index contributed by atoms with van der Waals surface area (Å²) in [5, 5.41) is 10.2. The monoisotopic (exact) mass is 274 g/mol. The molecule has 0 saturated carbocycles. The molecule has 3 aromatic carbocycles. The van der Waals surface area contributed by atoms with E-state index in [1.807, 2.05) is 24.3 Å². The van der Waals surface area contributed by atoms with E-state index in [9.17, 15) is 5.11 Å². The van der Waals surface area contributed by atoms with Crippen LogP contribution < -0.4 is 0 Å². The molecule has 1 heteroatoms. The number of aryl methyl sites for hydroxylation is 2. The highest BCUT2D eigenvalue weighted by atomic mass is 16.3. The Hall–Kier alpha value is -2.54. The maximum atomic E-state index is 10.2. The molecule has 0 saturated heterocycles. The maximum Gasteiger partial charge on any atom is 0.123 e. The summed E-state index contributed by atoms with van der Waals surface area (Å²) in [6, 6.07) is 22.2. The van der Waals surface area contributed by atoms with E-state index >= 15 is 0 Å². The standard InChI is InChI=1S/C20H18O/c1-14-11-12-17(18-9-5-6-10-20(18)21)19(13-14)16-8-4-3-7-15(16)2/h3-13,21H,1-2H3. The minimum Gasteiger partial charge on any atom is -0.507 e. The molecule has 3 aromatic rings. The van der Waals surface area contributed by atoms with E-state index in [2.05, 4.69) is 50.2 Å². The van der Waals surface area contributed by atoms with Crippen LogP contribution in [0.25, 0.3) is 22.3 Å². The highest BCUT2D eigenvalue weighted by Crippen LogP contribution is 2.38. The van der Waals surface area contributed by atoms with Gasteiger partial charge in [-0.25, -0.2) is 0 Å². The number of aromatic hydroxyl groups is 1. The lowest BCUT2D eigenvalue weighted by molar-refractivity contribution is 0.477. The van der Waals surface area contributed by atoms with Crippen molar-refractivity contribution in [2.45, 2.75) is 13.8 Å². The maximum absolute atomic E-state index is 10.2. The lowest BCUT2D eigenvalue weighted by Gasteiger charge is -2.14. The third-order valence-corrected chi connectivity index (χ3v) is 3.80. The van der Waals surface area contributed by atoms with Crippen molar-refractivity contribution in [3.05, 3.63) is 77.9 Å². The molecule has 0 radical (unpaired) electrons. The predicted octanol–water partition coefficient (Wildman–Crippen LogP) is 5.34. The zero-order chi connectivity index (χ0) is 14.8. The number of hydrogen-bond donors (Lipinski definition) is 1. The number of para-hydroxylation sites is 1. The molecule has 3 rings (SSSR count). The van der Waals surface area contributed by atoms with Crippen molar-refractivity contribution in [3.63, 3.8) is 0 Å². The van der Waals surface area contributed by atoms with E-state index in [0.717, 1.165) is 16.7 Å². The van der Waals surface area contributed by atoms with Gasteiger partial charge in [0.2, 0.25) is 0 Å². The first-order valence-electron chi connectivity index (χ1n) is 7.12. The lowest BCUT2D eigenvalue weighted by atomic mass is 9.90. The fraction of sp³-hybridized carbons (Fsp3) is 0.100. The van der Waals surface area contributed by atoms with E-state index in [1.54, 1.807) is 6.07 Å². The summed E-state index contributed by atoms with van der Waals surface area (Å²) < 4.78 is 0. The van der Waals surface area contributed by atoms with Crippen molar-refractivity contribution < 1.29 is 5.11 Å². The molecule has 0 bridgehead atoms. The van der Waals surface area contributed by atoms with Gasteiger partial charge in [0.15, 0.2) is 0 Å². The lowest BCUT2D eigenvalue weighted by Crippen LogP contribution is -1.89. The van der Waals surface area contributed by atoms with Crippen molar-refractivity contribution in [1.82, 2.24) is 0 Å². The highest BCUT2D eigenvalue weighted by Gasteiger charge is 2.12. The van der Waals surface area contributed by atoms with E-state index in [4.69, 9.17) is 0 Å². The van der Waals surface area contributed by atoms with E-state index in [0.29, 0.717) is 5.75 Å². The fourth-order valence-electron chi connectivity index (χ4n) is 2.69. The van der Waals surface area contributed by atoms with Crippen molar-refractivity contribution in [2.24, 2.45) is 0 Å². The molecule has 0 amide bonds. The first kappa shape index (κ1) is 13.4. The number of rotatable bonds is 2. The largest absolute Gasteiger partial charge is 0.507 e. The fourth-order valence-corrected chi connectivity index (χ4v) is 2.69. The molecule has 0 aliphatic heterocycles. The van der Waals surface area contributed by atoms with Crippen LogP contribution in [0.2, 0.25) is 0 Å². The Morgan fingerprint density at radius 2 is 1.29 bits per heavy atom. The number of phenols is 1. The number of hydrogen-bond acceptors (Lipinski definition) is 1. The van der Waals surface area contributed by atoms with Gasteiger partial charge in [0.25, 0.3) is 0 Å². The molecule has 0 unspecified atom stereocenters. The Labute approximate surface area is 125 Å². The molecule has 0 aliphatic carbocycles. The molecule has 21 heavy (non-hydrogen) atoms. The summed E-state index contributed by atoms with van der Waals surface area (Å²) >= 11 is 0. The average Bonchev–Trinajstić information content (AvgIpc) is 2.49. The van der Waals surface area contributed by atoms with Gasteiger partial charge in [-0.15, -0.1) is 0 Å². The van der Waals surface area contributed by atoms with Crippen LogP contribution >= 0.6 is 0 Å². The molecule has 0 spiro atoms. The second-order valence-corrected chi connectivity index (χ2v) is 5.38. The van der Waals surface area contributed by atoms with Gasteiger partial charge in [-0.1, -0.05) is 66.2 Å². The summed E-state index contributed by atoms with van der Waals surface area (Å²) in [5.74, 6) is 0.316. The minimum atomic E-state index is 0.316. The number of benzene rings is 3.